The van der Waals surface area contributed by atoms with Crippen molar-refractivity contribution in [2.24, 2.45) is 0 Å². The summed E-state index contributed by atoms with van der Waals surface area (Å²) in [5, 5.41) is 1.55. The molecule has 1 saturated heterocycles. The summed E-state index contributed by atoms with van der Waals surface area (Å²) in [6.45, 7) is 1.21. The maximum absolute atomic E-state index is 12.4. The quantitative estimate of drug-likeness (QED) is 0.743. The van der Waals surface area contributed by atoms with Gasteiger partial charge in [0, 0.05) is 29.5 Å². The SMILES string of the molecule is O=c1[nH]c(CC2OCCO2)cc2ccc(C#CCc3ccccc3)cc12. The monoisotopic (exact) mass is 345 g/mol. The van der Waals surface area contributed by atoms with Crippen LogP contribution >= 0.6 is 0 Å². The van der Waals surface area contributed by atoms with Gasteiger partial charge in [-0.25, -0.2) is 0 Å². The Morgan fingerprint density at radius 2 is 1.85 bits per heavy atom. The number of benzene rings is 2. The molecule has 0 bridgehead atoms. The van der Waals surface area contributed by atoms with Crippen molar-refractivity contribution in [3.63, 3.8) is 0 Å². The fourth-order valence-corrected chi connectivity index (χ4v) is 3.05. The molecule has 1 aliphatic heterocycles. The van der Waals surface area contributed by atoms with Crippen molar-refractivity contribution in [2.45, 2.75) is 19.1 Å². The molecular formula is C22H19NO3. The zero-order valence-corrected chi connectivity index (χ0v) is 14.3. The Morgan fingerprint density at radius 3 is 2.65 bits per heavy atom. The molecule has 2 aromatic carbocycles. The second-order valence-corrected chi connectivity index (χ2v) is 6.27. The smallest absolute Gasteiger partial charge is 0.256 e. The third-order valence-electron chi connectivity index (χ3n) is 4.35. The lowest BCUT2D eigenvalue weighted by Crippen LogP contribution is -2.16. The minimum absolute atomic E-state index is 0.109. The predicted octanol–water partition coefficient (Wildman–Crippen LogP) is 3.04. The number of aromatic nitrogens is 1. The van der Waals surface area contributed by atoms with E-state index in [0.29, 0.717) is 31.4 Å². The number of pyridine rings is 1. The molecule has 4 nitrogen and oxygen atoms in total. The van der Waals surface area contributed by atoms with E-state index in [1.54, 1.807) is 0 Å². The van der Waals surface area contributed by atoms with Gasteiger partial charge in [-0.2, -0.15) is 0 Å². The van der Waals surface area contributed by atoms with Crippen molar-refractivity contribution in [3.05, 3.63) is 81.8 Å². The van der Waals surface area contributed by atoms with Crippen LogP contribution in [0.15, 0.2) is 59.4 Å². The highest BCUT2D eigenvalue weighted by molar-refractivity contribution is 5.83. The fraction of sp³-hybridized carbons (Fsp3) is 0.227. The summed E-state index contributed by atoms with van der Waals surface area (Å²) >= 11 is 0. The maximum Gasteiger partial charge on any atom is 0.256 e. The Balaban J connectivity index is 1.55. The van der Waals surface area contributed by atoms with Crippen LogP contribution in [-0.4, -0.2) is 24.5 Å². The van der Waals surface area contributed by atoms with E-state index in [4.69, 9.17) is 9.47 Å². The van der Waals surface area contributed by atoms with Crippen molar-refractivity contribution in [1.29, 1.82) is 0 Å². The molecule has 0 radical (unpaired) electrons. The molecule has 130 valence electrons. The van der Waals surface area contributed by atoms with E-state index >= 15 is 0 Å². The van der Waals surface area contributed by atoms with Gasteiger partial charge in [0.05, 0.1) is 13.2 Å². The van der Waals surface area contributed by atoms with Crippen LogP contribution in [0.3, 0.4) is 0 Å². The molecule has 0 unspecified atom stereocenters. The largest absolute Gasteiger partial charge is 0.350 e. The van der Waals surface area contributed by atoms with Crippen LogP contribution in [0.2, 0.25) is 0 Å². The third kappa shape index (κ3) is 3.85. The summed E-state index contributed by atoms with van der Waals surface area (Å²) in [5.74, 6) is 6.31. The van der Waals surface area contributed by atoms with Gasteiger partial charge in [0.1, 0.15) is 0 Å². The Hall–Kier alpha value is -2.87. The first-order valence-corrected chi connectivity index (χ1v) is 8.70. The number of rotatable bonds is 3. The number of aromatic amines is 1. The molecule has 3 aromatic rings. The molecule has 0 aliphatic carbocycles. The highest BCUT2D eigenvalue weighted by Crippen LogP contribution is 2.16. The Morgan fingerprint density at radius 1 is 1.04 bits per heavy atom. The molecular weight excluding hydrogens is 326 g/mol. The van der Waals surface area contributed by atoms with Gasteiger partial charge in [-0.15, -0.1) is 0 Å². The van der Waals surface area contributed by atoms with Crippen molar-refractivity contribution in [2.75, 3.05) is 13.2 Å². The second-order valence-electron chi connectivity index (χ2n) is 6.27. The summed E-state index contributed by atoms with van der Waals surface area (Å²) in [7, 11) is 0. The van der Waals surface area contributed by atoms with Crippen LogP contribution in [0.25, 0.3) is 10.8 Å². The van der Waals surface area contributed by atoms with Crippen LogP contribution in [0.4, 0.5) is 0 Å². The molecule has 1 aromatic heterocycles. The summed E-state index contributed by atoms with van der Waals surface area (Å²) in [6.07, 6.45) is 0.963. The zero-order chi connectivity index (χ0) is 17.8. The Bertz CT molecular complexity index is 1020. The average molecular weight is 345 g/mol. The molecule has 26 heavy (non-hydrogen) atoms. The first-order valence-electron chi connectivity index (χ1n) is 8.70. The van der Waals surface area contributed by atoms with E-state index < -0.39 is 0 Å². The molecule has 4 heteroatoms. The second kappa shape index (κ2) is 7.57. The standard InChI is InChI=1S/C22H19NO3/c24-22-20-13-17(8-4-7-16-5-2-1-3-6-16)9-10-18(20)14-19(23-22)15-21-25-11-12-26-21/h1-3,5-6,9-10,13-14,21H,7,11-12,15H2,(H,23,24). The summed E-state index contributed by atoms with van der Waals surface area (Å²) in [4.78, 5) is 15.4. The van der Waals surface area contributed by atoms with Crippen molar-refractivity contribution in [3.8, 4) is 11.8 Å². The van der Waals surface area contributed by atoms with E-state index in [2.05, 4.69) is 29.0 Å². The lowest BCUT2D eigenvalue weighted by atomic mass is 10.1. The third-order valence-corrected chi connectivity index (χ3v) is 4.35. The maximum atomic E-state index is 12.4. The van der Waals surface area contributed by atoms with Crippen molar-refractivity contribution >= 4 is 10.8 Å². The van der Waals surface area contributed by atoms with E-state index in [-0.39, 0.29) is 11.8 Å². The van der Waals surface area contributed by atoms with Gasteiger partial charge in [-0.3, -0.25) is 4.79 Å². The molecule has 0 amide bonds. The molecule has 0 saturated carbocycles. The molecule has 4 rings (SSSR count). The van der Waals surface area contributed by atoms with Gasteiger partial charge in [0.2, 0.25) is 0 Å². The number of hydrogen-bond donors (Lipinski definition) is 1. The van der Waals surface area contributed by atoms with Gasteiger partial charge in [-0.1, -0.05) is 48.2 Å². The minimum atomic E-state index is -0.272. The topological polar surface area (TPSA) is 51.3 Å². The van der Waals surface area contributed by atoms with Gasteiger partial charge in [0.15, 0.2) is 6.29 Å². The molecule has 0 spiro atoms. The van der Waals surface area contributed by atoms with Gasteiger partial charge in [0.25, 0.3) is 5.56 Å². The fourth-order valence-electron chi connectivity index (χ4n) is 3.05. The predicted molar refractivity (Wildman–Crippen MR) is 101 cm³/mol. The first-order chi connectivity index (χ1) is 12.8. The van der Waals surface area contributed by atoms with Crippen LogP contribution in [-0.2, 0) is 22.3 Å². The lowest BCUT2D eigenvalue weighted by Gasteiger charge is -2.09. The van der Waals surface area contributed by atoms with E-state index in [1.807, 2.05) is 42.5 Å². The summed E-state index contributed by atoms with van der Waals surface area (Å²) in [6, 6.07) is 17.8. The summed E-state index contributed by atoms with van der Waals surface area (Å²) in [5.41, 5.74) is 2.73. The highest BCUT2D eigenvalue weighted by atomic mass is 16.7. The molecule has 0 atom stereocenters. The van der Waals surface area contributed by atoms with Crippen LogP contribution < -0.4 is 5.56 Å². The number of fused-ring (bicyclic) bond motifs is 1. The van der Waals surface area contributed by atoms with E-state index in [9.17, 15) is 4.79 Å². The zero-order valence-electron chi connectivity index (χ0n) is 14.3. The van der Waals surface area contributed by atoms with Gasteiger partial charge >= 0.3 is 0 Å². The van der Waals surface area contributed by atoms with Crippen molar-refractivity contribution < 1.29 is 9.47 Å². The number of ether oxygens (including phenoxy) is 2. The van der Waals surface area contributed by atoms with Crippen LogP contribution in [0.1, 0.15) is 16.8 Å². The van der Waals surface area contributed by atoms with Crippen LogP contribution in [0.5, 0.6) is 0 Å². The number of nitrogens with one attached hydrogen (secondary N) is 1. The normalized spacial score (nSPS) is 14.3. The first kappa shape index (κ1) is 16.6. The Labute approximate surface area is 151 Å². The van der Waals surface area contributed by atoms with Gasteiger partial charge < -0.3 is 14.5 Å². The number of H-pyrrole nitrogens is 1. The number of hydrogen-bond acceptors (Lipinski definition) is 3. The Kier molecular flexibility index (Phi) is 4.83. The van der Waals surface area contributed by atoms with E-state index in [0.717, 1.165) is 16.6 Å². The molecule has 2 heterocycles. The van der Waals surface area contributed by atoms with Gasteiger partial charge in [-0.05, 0) is 29.1 Å². The van der Waals surface area contributed by atoms with E-state index in [1.165, 1.54) is 5.56 Å². The minimum Gasteiger partial charge on any atom is -0.350 e. The molecule has 1 fully saturated rings. The van der Waals surface area contributed by atoms with Crippen LogP contribution in [0, 0.1) is 11.8 Å². The summed E-state index contributed by atoms with van der Waals surface area (Å²) < 4.78 is 10.9. The molecule has 1 aliphatic rings. The van der Waals surface area contributed by atoms with Crippen molar-refractivity contribution in [1.82, 2.24) is 4.98 Å². The lowest BCUT2D eigenvalue weighted by molar-refractivity contribution is -0.0406. The highest BCUT2D eigenvalue weighted by Gasteiger charge is 2.17. The molecule has 1 N–H and O–H groups in total. The average Bonchev–Trinajstić information content (AvgIpc) is 3.16.